The van der Waals surface area contributed by atoms with E-state index in [1.165, 1.54) is 11.1 Å². The standard InChI is InChI=1S/C18H20N2O/c1-2-21-14-18-9-4-3-8-17(18)13-20-12-16-7-5-6-15(10-16)11-19/h3-10,20H,2,12-14H2,1H3. The highest BCUT2D eigenvalue weighted by atomic mass is 16.5. The SMILES string of the molecule is CCOCc1ccccc1CNCc1cccc(C#N)c1. The maximum Gasteiger partial charge on any atom is 0.0991 e. The van der Waals surface area contributed by atoms with Crippen molar-refractivity contribution in [2.24, 2.45) is 0 Å². The predicted molar refractivity (Wildman–Crippen MR) is 83.5 cm³/mol. The van der Waals surface area contributed by atoms with Crippen LogP contribution in [0.15, 0.2) is 48.5 Å². The summed E-state index contributed by atoms with van der Waals surface area (Å²) in [6, 6.07) is 18.1. The van der Waals surface area contributed by atoms with Crippen molar-refractivity contribution in [2.45, 2.75) is 26.6 Å². The highest BCUT2D eigenvalue weighted by molar-refractivity contribution is 5.33. The smallest absolute Gasteiger partial charge is 0.0991 e. The Kier molecular flexibility index (Phi) is 5.96. The largest absolute Gasteiger partial charge is 0.377 e. The molecule has 0 atom stereocenters. The molecule has 0 unspecified atom stereocenters. The van der Waals surface area contributed by atoms with Gasteiger partial charge in [0.1, 0.15) is 0 Å². The van der Waals surface area contributed by atoms with Gasteiger partial charge in [0.2, 0.25) is 0 Å². The second-order valence-electron chi connectivity index (χ2n) is 4.82. The highest BCUT2D eigenvalue weighted by Crippen LogP contribution is 2.11. The van der Waals surface area contributed by atoms with Crippen LogP contribution in [0.1, 0.15) is 29.2 Å². The fourth-order valence-corrected chi connectivity index (χ4v) is 2.18. The van der Waals surface area contributed by atoms with E-state index in [-0.39, 0.29) is 0 Å². The Labute approximate surface area is 126 Å². The Morgan fingerprint density at radius 1 is 1.05 bits per heavy atom. The highest BCUT2D eigenvalue weighted by Gasteiger charge is 2.02. The van der Waals surface area contributed by atoms with Crippen LogP contribution in [0.3, 0.4) is 0 Å². The molecule has 0 saturated heterocycles. The summed E-state index contributed by atoms with van der Waals surface area (Å²) in [5.74, 6) is 0. The van der Waals surface area contributed by atoms with Gasteiger partial charge in [-0.3, -0.25) is 0 Å². The summed E-state index contributed by atoms with van der Waals surface area (Å²) in [4.78, 5) is 0. The molecule has 3 heteroatoms. The molecule has 0 heterocycles. The van der Waals surface area contributed by atoms with E-state index in [4.69, 9.17) is 10.00 Å². The summed E-state index contributed by atoms with van der Waals surface area (Å²) in [5.41, 5.74) is 4.29. The van der Waals surface area contributed by atoms with Gasteiger partial charge < -0.3 is 10.1 Å². The Hall–Kier alpha value is -2.15. The van der Waals surface area contributed by atoms with Gasteiger partial charge in [-0.1, -0.05) is 36.4 Å². The van der Waals surface area contributed by atoms with E-state index in [9.17, 15) is 0 Å². The van der Waals surface area contributed by atoms with Crippen LogP contribution in [-0.4, -0.2) is 6.61 Å². The van der Waals surface area contributed by atoms with E-state index in [1.807, 2.05) is 43.3 Å². The van der Waals surface area contributed by atoms with Crippen LogP contribution in [0.25, 0.3) is 0 Å². The zero-order valence-electron chi connectivity index (χ0n) is 12.3. The first-order valence-electron chi connectivity index (χ1n) is 7.17. The zero-order chi connectivity index (χ0) is 14.9. The first kappa shape index (κ1) is 15.2. The van der Waals surface area contributed by atoms with Gasteiger partial charge >= 0.3 is 0 Å². The maximum absolute atomic E-state index is 8.90. The van der Waals surface area contributed by atoms with Crippen molar-refractivity contribution in [3.05, 3.63) is 70.8 Å². The lowest BCUT2D eigenvalue weighted by Crippen LogP contribution is -2.14. The first-order valence-corrected chi connectivity index (χ1v) is 7.17. The molecule has 0 bridgehead atoms. The Bertz CT molecular complexity index is 617. The van der Waals surface area contributed by atoms with Crippen molar-refractivity contribution >= 4 is 0 Å². The number of rotatable bonds is 7. The number of nitriles is 1. The molecule has 3 nitrogen and oxygen atoms in total. The summed E-state index contributed by atoms with van der Waals surface area (Å²) < 4.78 is 5.49. The third-order valence-electron chi connectivity index (χ3n) is 3.28. The molecule has 0 amide bonds. The van der Waals surface area contributed by atoms with Crippen molar-refractivity contribution in [3.8, 4) is 6.07 Å². The van der Waals surface area contributed by atoms with Gasteiger partial charge in [-0.05, 0) is 35.7 Å². The molecule has 2 aromatic rings. The van der Waals surface area contributed by atoms with Crippen LogP contribution in [0, 0.1) is 11.3 Å². The molecule has 0 aliphatic heterocycles. The summed E-state index contributed by atoms with van der Waals surface area (Å²) in [7, 11) is 0. The van der Waals surface area contributed by atoms with E-state index in [0.29, 0.717) is 12.2 Å². The van der Waals surface area contributed by atoms with E-state index in [0.717, 1.165) is 25.3 Å². The molecule has 2 rings (SSSR count). The van der Waals surface area contributed by atoms with Gasteiger partial charge in [0.15, 0.2) is 0 Å². The minimum absolute atomic E-state index is 0.651. The Morgan fingerprint density at radius 2 is 1.86 bits per heavy atom. The van der Waals surface area contributed by atoms with Crippen LogP contribution in [0.5, 0.6) is 0 Å². The molecule has 0 aliphatic carbocycles. The molecular weight excluding hydrogens is 260 g/mol. The summed E-state index contributed by atoms with van der Waals surface area (Å²) in [6.07, 6.45) is 0. The van der Waals surface area contributed by atoms with Crippen molar-refractivity contribution in [1.29, 1.82) is 5.26 Å². The van der Waals surface area contributed by atoms with Crippen molar-refractivity contribution in [2.75, 3.05) is 6.61 Å². The van der Waals surface area contributed by atoms with Gasteiger partial charge in [-0.25, -0.2) is 0 Å². The van der Waals surface area contributed by atoms with Gasteiger partial charge in [-0.15, -0.1) is 0 Å². The maximum atomic E-state index is 8.90. The van der Waals surface area contributed by atoms with E-state index < -0.39 is 0 Å². The average molecular weight is 280 g/mol. The van der Waals surface area contributed by atoms with E-state index in [2.05, 4.69) is 23.5 Å². The lowest BCUT2D eigenvalue weighted by molar-refractivity contribution is 0.133. The third-order valence-corrected chi connectivity index (χ3v) is 3.28. The number of benzene rings is 2. The van der Waals surface area contributed by atoms with Crippen molar-refractivity contribution in [1.82, 2.24) is 5.32 Å². The minimum Gasteiger partial charge on any atom is -0.377 e. The molecule has 21 heavy (non-hydrogen) atoms. The molecule has 0 spiro atoms. The minimum atomic E-state index is 0.651. The molecule has 0 fully saturated rings. The van der Waals surface area contributed by atoms with Crippen LogP contribution < -0.4 is 5.32 Å². The predicted octanol–water partition coefficient (Wildman–Crippen LogP) is 3.38. The number of hydrogen-bond donors (Lipinski definition) is 1. The van der Waals surface area contributed by atoms with E-state index >= 15 is 0 Å². The number of nitrogens with zero attached hydrogens (tertiary/aromatic N) is 1. The molecule has 0 radical (unpaired) electrons. The fraction of sp³-hybridized carbons (Fsp3) is 0.278. The molecule has 0 aromatic heterocycles. The van der Waals surface area contributed by atoms with Crippen LogP contribution in [0.2, 0.25) is 0 Å². The second-order valence-corrected chi connectivity index (χ2v) is 4.82. The molecule has 1 N–H and O–H groups in total. The normalized spacial score (nSPS) is 10.3. The lowest BCUT2D eigenvalue weighted by Gasteiger charge is -2.11. The topological polar surface area (TPSA) is 45.0 Å². The number of ether oxygens (including phenoxy) is 1. The summed E-state index contributed by atoms with van der Waals surface area (Å²) in [6.45, 7) is 4.92. The molecule has 0 saturated carbocycles. The third kappa shape index (κ3) is 4.71. The summed E-state index contributed by atoms with van der Waals surface area (Å²) in [5, 5.41) is 12.3. The van der Waals surface area contributed by atoms with Crippen LogP contribution >= 0.6 is 0 Å². The van der Waals surface area contributed by atoms with Crippen LogP contribution in [0.4, 0.5) is 0 Å². The van der Waals surface area contributed by atoms with Crippen molar-refractivity contribution in [3.63, 3.8) is 0 Å². The Morgan fingerprint density at radius 3 is 2.62 bits per heavy atom. The molecule has 108 valence electrons. The van der Waals surface area contributed by atoms with Gasteiger partial charge in [0.05, 0.1) is 18.2 Å². The molecular formula is C18H20N2O. The van der Waals surface area contributed by atoms with Crippen molar-refractivity contribution < 1.29 is 4.74 Å². The van der Waals surface area contributed by atoms with Gasteiger partial charge in [-0.2, -0.15) is 5.26 Å². The monoisotopic (exact) mass is 280 g/mol. The lowest BCUT2D eigenvalue weighted by atomic mass is 10.1. The number of nitrogens with one attached hydrogen (secondary N) is 1. The average Bonchev–Trinajstić information content (AvgIpc) is 2.54. The second kappa shape index (κ2) is 8.21. The molecule has 2 aromatic carbocycles. The first-order chi connectivity index (χ1) is 10.3. The quantitative estimate of drug-likeness (QED) is 0.845. The number of hydrogen-bond acceptors (Lipinski definition) is 3. The summed E-state index contributed by atoms with van der Waals surface area (Å²) >= 11 is 0. The van der Waals surface area contributed by atoms with Gasteiger partial charge in [0, 0.05) is 19.7 Å². The fourth-order valence-electron chi connectivity index (χ4n) is 2.18. The molecule has 0 aliphatic rings. The van der Waals surface area contributed by atoms with Gasteiger partial charge in [0.25, 0.3) is 0 Å². The van der Waals surface area contributed by atoms with Crippen LogP contribution in [-0.2, 0) is 24.4 Å². The Balaban J connectivity index is 1.92. The van der Waals surface area contributed by atoms with E-state index in [1.54, 1.807) is 0 Å². The zero-order valence-corrected chi connectivity index (χ0v) is 12.3.